The van der Waals surface area contributed by atoms with Gasteiger partial charge in [0.2, 0.25) is 24.3 Å². The summed E-state index contributed by atoms with van der Waals surface area (Å²) in [6, 6.07) is 9.75. The topological polar surface area (TPSA) is 158 Å². The third-order valence-corrected chi connectivity index (χ3v) is 3.17. The molecule has 0 aliphatic rings. The van der Waals surface area contributed by atoms with Crippen LogP contribution in [0.1, 0.15) is 11.1 Å². The summed E-state index contributed by atoms with van der Waals surface area (Å²) in [6.45, 7) is 3.34. The molecule has 30 heavy (non-hydrogen) atoms. The molecule has 0 fully saturated rings. The van der Waals surface area contributed by atoms with E-state index in [0.29, 0.717) is 22.7 Å². The zero-order valence-electron chi connectivity index (χ0n) is 16.2. The van der Waals surface area contributed by atoms with Gasteiger partial charge >= 0.3 is 0 Å². The van der Waals surface area contributed by atoms with Gasteiger partial charge in [-0.15, -0.1) is 0 Å². The minimum atomic E-state index is -0.125. The highest BCUT2D eigenvalue weighted by Gasteiger charge is 1.98. The summed E-state index contributed by atoms with van der Waals surface area (Å²) in [6.07, 6.45) is 5.67. The molecule has 0 aliphatic carbocycles. The predicted molar refractivity (Wildman–Crippen MR) is 108 cm³/mol. The van der Waals surface area contributed by atoms with Crippen LogP contribution < -0.4 is 0 Å². The molecule has 0 bridgehead atoms. The Morgan fingerprint density at radius 2 is 0.967 bits per heavy atom. The van der Waals surface area contributed by atoms with Crippen molar-refractivity contribution >= 4 is 47.1 Å². The summed E-state index contributed by atoms with van der Waals surface area (Å²) in [5.41, 5.74) is 3.43. The van der Waals surface area contributed by atoms with Gasteiger partial charge in [-0.25, -0.2) is 19.2 Å². The van der Waals surface area contributed by atoms with Crippen molar-refractivity contribution in [2.24, 2.45) is 20.0 Å². The monoisotopic (exact) mass is 410 g/mol. The van der Waals surface area contributed by atoms with E-state index in [1.807, 2.05) is 0 Å². The Balaban J connectivity index is 0.000000477. The van der Waals surface area contributed by atoms with Crippen molar-refractivity contribution in [2.75, 3.05) is 13.2 Å². The van der Waals surface area contributed by atoms with Crippen LogP contribution in [-0.4, -0.2) is 47.7 Å². The maximum absolute atomic E-state index is 10.00. The fraction of sp³-hybridized carbons (Fsp3) is 0.200. The van der Waals surface area contributed by atoms with Crippen LogP contribution in [0.25, 0.3) is 0 Å². The highest BCUT2D eigenvalue weighted by atomic mass is 16.3. The molecule has 0 unspecified atom stereocenters. The molecule has 0 aromatic heterocycles. The Kier molecular flexibility index (Phi) is 13.7. The van der Waals surface area contributed by atoms with Gasteiger partial charge in [0, 0.05) is 0 Å². The number of hydrogen-bond acceptors (Lipinski definition) is 10. The Bertz CT molecular complexity index is 944. The highest BCUT2D eigenvalue weighted by molar-refractivity contribution is 5.62. The summed E-state index contributed by atoms with van der Waals surface area (Å²) >= 11 is 0. The van der Waals surface area contributed by atoms with Crippen molar-refractivity contribution in [3.8, 4) is 0 Å². The van der Waals surface area contributed by atoms with Gasteiger partial charge in [-0.05, 0) is 49.2 Å². The average molecular weight is 410 g/mol. The van der Waals surface area contributed by atoms with E-state index in [1.54, 1.807) is 38.1 Å². The van der Waals surface area contributed by atoms with Crippen molar-refractivity contribution in [3.05, 3.63) is 47.5 Å². The van der Waals surface area contributed by atoms with Crippen LogP contribution in [0.5, 0.6) is 0 Å². The lowest BCUT2D eigenvalue weighted by molar-refractivity contribution is 0.186. The highest BCUT2D eigenvalue weighted by Crippen LogP contribution is 2.24. The number of nitrogens with zero attached hydrogens (tertiary/aromatic N) is 4. The molecular weight excluding hydrogens is 392 g/mol. The van der Waals surface area contributed by atoms with Crippen LogP contribution in [0.3, 0.4) is 0 Å². The van der Waals surface area contributed by atoms with Crippen molar-refractivity contribution < 1.29 is 29.4 Å². The standard InChI is InChI=1S/2C9H6N2O2.C2H6O2/c2*1-7-2-3-8(10-5-12)4-9(7)11-6-13;3-1-2-4/h2*2-4H,1H3;3-4H,1-2H2. The van der Waals surface area contributed by atoms with Crippen molar-refractivity contribution in [2.45, 2.75) is 13.8 Å². The Morgan fingerprint density at radius 1 is 0.633 bits per heavy atom. The van der Waals surface area contributed by atoms with Gasteiger partial charge in [-0.2, -0.15) is 20.0 Å². The van der Waals surface area contributed by atoms with Crippen LogP contribution in [-0.2, 0) is 19.2 Å². The van der Waals surface area contributed by atoms with E-state index in [-0.39, 0.29) is 13.2 Å². The van der Waals surface area contributed by atoms with E-state index in [4.69, 9.17) is 10.2 Å². The van der Waals surface area contributed by atoms with Crippen LogP contribution >= 0.6 is 0 Å². The Hall–Kier alpha value is -4.12. The fourth-order valence-corrected chi connectivity index (χ4v) is 1.78. The van der Waals surface area contributed by atoms with E-state index < -0.39 is 0 Å². The van der Waals surface area contributed by atoms with Crippen LogP contribution in [0.4, 0.5) is 22.7 Å². The first kappa shape index (κ1) is 25.9. The molecule has 2 aromatic rings. The molecule has 0 amide bonds. The van der Waals surface area contributed by atoms with Gasteiger partial charge in [0.1, 0.15) is 0 Å². The quantitative estimate of drug-likeness (QED) is 0.569. The molecule has 2 N–H and O–H groups in total. The molecule has 2 rings (SSSR count). The minimum absolute atomic E-state index is 0.125. The van der Waals surface area contributed by atoms with Gasteiger partial charge in [-0.3, -0.25) is 0 Å². The average Bonchev–Trinajstić information content (AvgIpc) is 2.74. The minimum Gasteiger partial charge on any atom is -0.394 e. The zero-order valence-corrected chi connectivity index (χ0v) is 16.2. The molecule has 10 nitrogen and oxygen atoms in total. The molecule has 0 aliphatic heterocycles. The fourth-order valence-electron chi connectivity index (χ4n) is 1.78. The molecule has 154 valence electrons. The maximum Gasteiger partial charge on any atom is 0.240 e. The van der Waals surface area contributed by atoms with Gasteiger partial charge in [0.15, 0.2) is 0 Å². The van der Waals surface area contributed by atoms with E-state index in [9.17, 15) is 19.2 Å². The van der Waals surface area contributed by atoms with Gasteiger partial charge in [-0.1, -0.05) is 12.1 Å². The number of benzene rings is 2. The number of rotatable bonds is 5. The SMILES string of the molecule is Cc1ccc(N=C=O)cc1N=C=O.Cc1ccc(N=C=O)cc1N=C=O.OCCO. The zero-order chi connectivity index (χ0) is 22.8. The third kappa shape index (κ3) is 10.3. The largest absolute Gasteiger partial charge is 0.394 e. The first-order valence-corrected chi connectivity index (χ1v) is 8.21. The number of isocyanates is 4. The van der Waals surface area contributed by atoms with E-state index in [2.05, 4.69) is 20.0 Å². The van der Waals surface area contributed by atoms with Gasteiger partial charge in [0.05, 0.1) is 36.0 Å². The summed E-state index contributed by atoms with van der Waals surface area (Å²) in [5.74, 6) is 0. The Morgan fingerprint density at radius 3 is 1.23 bits per heavy atom. The molecule has 0 radical (unpaired) electrons. The first-order chi connectivity index (χ1) is 14.5. The van der Waals surface area contributed by atoms with E-state index in [1.165, 1.54) is 36.5 Å². The van der Waals surface area contributed by atoms with Crippen LogP contribution in [0.15, 0.2) is 56.4 Å². The molecule has 0 heterocycles. The number of hydrogen-bond donors (Lipinski definition) is 2. The number of aliphatic imine (C=N–C) groups is 4. The smallest absolute Gasteiger partial charge is 0.240 e. The summed E-state index contributed by atoms with van der Waals surface area (Å²) in [7, 11) is 0. The molecule has 0 saturated heterocycles. The summed E-state index contributed by atoms with van der Waals surface area (Å²) in [5, 5.41) is 15.2. The second-order valence-corrected chi connectivity index (χ2v) is 5.20. The van der Waals surface area contributed by atoms with Gasteiger partial charge in [0.25, 0.3) is 0 Å². The molecule has 10 heteroatoms. The van der Waals surface area contributed by atoms with Crippen LogP contribution in [0, 0.1) is 13.8 Å². The summed E-state index contributed by atoms with van der Waals surface area (Å²) < 4.78 is 0. The lowest BCUT2D eigenvalue weighted by Gasteiger charge is -1.97. The van der Waals surface area contributed by atoms with E-state index >= 15 is 0 Å². The summed E-state index contributed by atoms with van der Waals surface area (Å²) in [4.78, 5) is 53.5. The van der Waals surface area contributed by atoms with E-state index in [0.717, 1.165) is 11.1 Å². The lowest BCUT2D eigenvalue weighted by Crippen LogP contribution is -1.85. The second-order valence-electron chi connectivity index (χ2n) is 5.20. The maximum atomic E-state index is 10.00. The third-order valence-electron chi connectivity index (χ3n) is 3.17. The number of carbonyl (C=O) groups excluding carboxylic acids is 4. The molecule has 0 atom stereocenters. The number of aliphatic hydroxyl groups is 2. The lowest BCUT2D eigenvalue weighted by atomic mass is 10.2. The predicted octanol–water partition coefficient (Wildman–Crippen LogP) is 2.83. The molecule has 0 spiro atoms. The van der Waals surface area contributed by atoms with Gasteiger partial charge < -0.3 is 10.2 Å². The first-order valence-electron chi connectivity index (χ1n) is 8.21. The van der Waals surface area contributed by atoms with Crippen molar-refractivity contribution in [3.63, 3.8) is 0 Å². The number of aliphatic hydroxyl groups excluding tert-OH is 2. The molecule has 2 aromatic carbocycles. The number of aryl methyl sites for hydroxylation is 2. The second kappa shape index (κ2) is 15.9. The van der Waals surface area contributed by atoms with Crippen LogP contribution in [0.2, 0.25) is 0 Å². The Labute approximate surface area is 171 Å². The van der Waals surface area contributed by atoms with Crippen molar-refractivity contribution in [1.29, 1.82) is 0 Å². The normalized spacial score (nSPS) is 8.27. The molecule has 0 saturated carbocycles. The molecular formula is C20H18N4O6. The van der Waals surface area contributed by atoms with Crippen molar-refractivity contribution in [1.82, 2.24) is 0 Å².